The Bertz CT molecular complexity index is 712. The average molecular weight is 307 g/mol. The standard InChI is InChI=1S/C15H11F3N2O2/c16-15(17,18)12-5-1-3-10(7-12)9-19-20-13-6-2-4-11(8-13)14(21)22/h1-9,20H,(H,21,22)/p-1/b19-9-. The molecule has 0 saturated carbocycles. The van der Waals surface area contributed by atoms with Crippen LogP contribution in [0.4, 0.5) is 18.9 Å². The van der Waals surface area contributed by atoms with Gasteiger partial charge < -0.3 is 9.90 Å². The minimum Gasteiger partial charge on any atom is -0.545 e. The molecule has 1 N–H and O–H groups in total. The number of nitrogens with one attached hydrogen (secondary N) is 1. The predicted molar refractivity (Wildman–Crippen MR) is 73.4 cm³/mol. The van der Waals surface area contributed by atoms with Crippen LogP contribution in [0.3, 0.4) is 0 Å². The molecule has 0 atom stereocenters. The average Bonchev–Trinajstić information content (AvgIpc) is 2.47. The van der Waals surface area contributed by atoms with E-state index in [-0.39, 0.29) is 11.1 Å². The van der Waals surface area contributed by atoms with Crippen LogP contribution in [-0.2, 0) is 6.18 Å². The van der Waals surface area contributed by atoms with E-state index in [0.29, 0.717) is 5.69 Å². The fourth-order valence-corrected chi connectivity index (χ4v) is 1.69. The first-order valence-electron chi connectivity index (χ1n) is 6.14. The number of carbonyl (C=O) groups is 1. The first kappa shape index (κ1) is 15.6. The number of rotatable bonds is 4. The van der Waals surface area contributed by atoms with E-state index in [4.69, 9.17) is 0 Å². The molecule has 0 radical (unpaired) electrons. The molecule has 0 aliphatic heterocycles. The number of hydrogen-bond acceptors (Lipinski definition) is 4. The van der Waals surface area contributed by atoms with E-state index >= 15 is 0 Å². The summed E-state index contributed by atoms with van der Waals surface area (Å²) in [4.78, 5) is 10.7. The molecule has 2 aromatic carbocycles. The number of carboxylic acids is 1. The van der Waals surface area contributed by atoms with E-state index < -0.39 is 17.7 Å². The molecule has 0 aliphatic rings. The lowest BCUT2D eigenvalue weighted by Crippen LogP contribution is -2.22. The van der Waals surface area contributed by atoms with E-state index in [1.54, 1.807) is 6.07 Å². The van der Waals surface area contributed by atoms with E-state index in [1.165, 1.54) is 36.5 Å². The number of hydrazone groups is 1. The Morgan fingerprint density at radius 1 is 1.14 bits per heavy atom. The summed E-state index contributed by atoms with van der Waals surface area (Å²) in [5.41, 5.74) is 2.39. The lowest BCUT2D eigenvalue weighted by Gasteiger charge is -2.07. The third kappa shape index (κ3) is 4.08. The molecule has 0 aromatic heterocycles. The van der Waals surface area contributed by atoms with Crippen LogP contribution in [0.25, 0.3) is 0 Å². The predicted octanol–water partition coefficient (Wildman–Crippen LogP) is 2.51. The summed E-state index contributed by atoms with van der Waals surface area (Å²) >= 11 is 0. The molecule has 2 rings (SSSR count). The number of hydrogen-bond donors (Lipinski definition) is 1. The van der Waals surface area contributed by atoms with Crippen molar-refractivity contribution in [3.05, 3.63) is 65.2 Å². The molecule has 0 amide bonds. The molecule has 4 nitrogen and oxygen atoms in total. The van der Waals surface area contributed by atoms with E-state index in [1.807, 2.05) is 0 Å². The van der Waals surface area contributed by atoms with Crippen molar-refractivity contribution in [2.24, 2.45) is 5.10 Å². The number of alkyl halides is 3. The zero-order valence-electron chi connectivity index (χ0n) is 11.1. The van der Waals surface area contributed by atoms with Crippen molar-refractivity contribution < 1.29 is 23.1 Å². The lowest BCUT2D eigenvalue weighted by atomic mass is 10.1. The first-order valence-corrected chi connectivity index (χ1v) is 6.14. The smallest absolute Gasteiger partial charge is 0.416 e. The van der Waals surface area contributed by atoms with Gasteiger partial charge in [0, 0.05) is 0 Å². The second-order valence-corrected chi connectivity index (χ2v) is 4.36. The molecular weight excluding hydrogens is 297 g/mol. The molecule has 114 valence electrons. The Labute approximate surface area is 123 Å². The number of carboxylic acid groups (broad SMARTS) is 1. The van der Waals surface area contributed by atoms with Crippen LogP contribution in [0.15, 0.2) is 53.6 Å². The summed E-state index contributed by atoms with van der Waals surface area (Å²) in [6.07, 6.45) is -3.21. The molecule has 0 aliphatic carbocycles. The maximum atomic E-state index is 12.6. The first-order chi connectivity index (χ1) is 10.4. The molecule has 2 aromatic rings. The fourth-order valence-electron chi connectivity index (χ4n) is 1.69. The van der Waals surface area contributed by atoms with Crippen molar-refractivity contribution in [2.45, 2.75) is 6.18 Å². The van der Waals surface area contributed by atoms with Gasteiger partial charge in [0.1, 0.15) is 0 Å². The molecule has 0 saturated heterocycles. The Balaban J connectivity index is 2.10. The molecule has 0 spiro atoms. The summed E-state index contributed by atoms with van der Waals surface area (Å²) in [5, 5.41) is 14.5. The summed E-state index contributed by atoms with van der Waals surface area (Å²) in [5.74, 6) is -1.33. The molecular formula is C15H10F3N2O2-. The minimum atomic E-state index is -4.42. The van der Waals surface area contributed by atoms with Gasteiger partial charge in [0.05, 0.1) is 23.4 Å². The Hall–Kier alpha value is -2.83. The summed E-state index contributed by atoms with van der Waals surface area (Å²) in [6.45, 7) is 0. The largest absolute Gasteiger partial charge is 0.545 e. The summed E-state index contributed by atoms with van der Waals surface area (Å²) in [7, 11) is 0. The molecule has 0 fully saturated rings. The fraction of sp³-hybridized carbons (Fsp3) is 0.0667. The van der Waals surface area contributed by atoms with E-state index in [2.05, 4.69) is 10.5 Å². The number of benzene rings is 2. The summed E-state index contributed by atoms with van der Waals surface area (Å²) in [6, 6.07) is 10.4. The van der Waals surface area contributed by atoms with Crippen molar-refractivity contribution in [3.8, 4) is 0 Å². The molecule has 22 heavy (non-hydrogen) atoms. The van der Waals surface area contributed by atoms with Crippen molar-refractivity contribution in [1.82, 2.24) is 0 Å². The van der Waals surface area contributed by atoms with Crippen LogP contribution in [0.1, 0.15) is 21.5 Å². The normalized spacial score (nSPS) is 11.6. The van der Waals surface area contributed by atoms with Gasteiger partial charge in [-0.2, -0.15) is 18.3 Å². The zero-order chi connectivity index (χ0) is 16.2. The van der Waals surface area contributed by atoms with Gasteiger partial charge in [0.25, 0.3) is 0 Å². The quantitative estimate of drug-likeness (QED) is 0.697. The third-order valence-electron chi connectivity index (χ3n) is 2.72. The molecule has 0 bridgehead atoms. The third-order valence-corrected chi connectivity index (χ3v) is 2.72. The molecule has 0 heterocycles. The highest BCUT2D eigenvalue weighted by Crippen LogP contribution is 2.29. The monoisotopic (exact) mass is 307 g/mol. The van der Waals surface area contributed by atoms with Gasteiger partial charge in [-0.3, -0.25) is 5.43 Å². The lowest BCUT2D eigenvalue weighted by molar-refractivity contribution is -0.255. The Kier molecular flexibility index (Phi) is 4.45. The Morgan fingerprint density at radius 2 is 1.86 bits per heavy atom. The molecule has 0 unspecified atom stereocenters. The second-order valence-electron chi connectivity index (χ2n) is 4.36. The van der Waals surface area contributed by atoms with Crippen LogP contribution in [0.2, 0.25) is 0 Å². The van der Waals surface area contributed by atoms with Crippen molar-refractivity contribution in [3.63, 3.8) is 0 Å². The number of nitrogens with zero attached hydrogens (tertiary/aromatic N) is 1. The maximum Gasteiger partial charge on any atom is 0.416 e. The highest BCUT2D eigenvalue weighted by molar-refractivity contribution is 5.87. The van der Waals surface area contributed by atoms with Gasteiger partial charge in [-0.05, 0) is 35.4 Å². The van der Waals surface area contributed by atoms with Gasteiger partial charge in [0.15, 0.2) is 0 Å². The van der Waals surface area contributed by atoms with Crippen molar-refractivity contribution in [2.75, 3.05) is 5.43 Å². The number of aromatic carboxylic acids is 1. The number of halogens is 3. The number of anilines is 1. The van der Waals surface area contributed by atoms with Gasteiger partial charge >= 0.3 is 6.18 Å². The van der Waals surface area contributed by atoms with Crippen LogP contribution < -0.4 is 10.5 Å². The van der Waals surface area contributed by atoms with Crippen LogP contribution in [-0.4, -0.2) is 12.2 Å². The maximum absolute atomic E-state index is 12.6. The Morgan fingerprint density at radius 3 is 2.55 bits per heavy atom. The van der Waals surface area contributed by atoms with Crippen LogP contribution in [0.5, 0.6) is 0 Å². The van der Waals surface area contributed by atoms with Crippen LogP contribution >= 0.6 is 0 Å². The topological polar surface area (TPSA) is 64.5 Å². The SMILES string of the molecule is O=C([O-])c1cccc(N/N=C\c2cccc(C(F)(F)F)c2)c1. The zero-order valence-corrected chi connectivity index (χ0v) is 11.1. The van der Waals surface area contributed by atoms with Gasteiger partial charge in [-0.15, -0.1) is 0 Å². The van der Waals surface area contributed by atoms with Gasteiger partial charge in [-0.1, -0.05) is 24.3 Å². The second kappa shape index (κ2) is 6.30. The highest BCUT2D eigenvalue weighted by Gasteiger charge is 2.30. The summed E-state index contributed by atoms with van der Waals surface area (Å²) < 4.78 is 37.7. The van der Waals surface area contributed by atoms with Gasteiger partial charge in [-0.25, -0.2) is 0 Å². The van der Waals surface area contributed by atoms with Crippen molar-refractivity contribution >= 4 is 17.9 Å². The highest BCUT2D eigenvalue weighted by atomic mass is 19.4. The van der Waals surface area contributed by atoms with Gasteiger partial charge in [0.2, 0.25) is 0 Å². The molecule has 7 heteroatoms. The number of carbonyl (C=O) groups excluding carboxylic acids is 1. The van der Waals surface area contributed by atoms with Crippen LogP contribution in [0, 0.1) is 0 Å². The van der Waals surface area contributed by atoms with E-state index in [0.717, 1.165) is 12.1 Å². The van der Waals surface area contributed by atoms with E-state index in [9.17, 15) is 23.1 Å². The minimum absolute atomic E-state index is 0.0285. The van der Waals surface area contributed by atoms with Crippen molar-refractivity contribution in [1.29, 1.82) is 0 Å².